The largest absolute Gasteiger partial charge is 0.297 e. The van der Waals surface area contributed by atoms with Crippen LogP contribution in [0.5, 0.6) is 0 Å². The monoisotopic (exact) mass is 449 g/mol. The van der Waals surface area contributed by atoms with Crippen LogP contribution in [0.1, 0.15) is 16.6 Å². The van der Waals surface area contributed by atoms with Crippen LogP contribution in [0.15, 0.2) is 101 Å². The van der Waals surface area contributed by atoms with Crippen LogP contribution in [-0.4, -0.2) is 5.84 Å². The number of amidine groups is 1. The molecule has 2 heterocycles. The minimum absolute atomic E-state index is 0.139. The molecule has 1 aliphatic heterocycles. The Hall–Kier alpha value is -2.79. The van der Waals surface area contributed by atoms with Crippen LogP contribution in [0, 0.1) is 0 Å². The Labute approximate surface area is 189 Å². The zero-order valence-corrected chi connectivity index (χ0v) is 18.1. The first kappa shape index (κ1) is 19.2. The number of nitrogens with zero attached hydrogens (tertiary/aromatic N) is 3. The maximum absolute atomic E-state index is 6.40. The number of hydrogen-bond donors (Lipinski definition) is 0. The summed E-state index contributed by atoms with van der Waals surface area (Å²) in [5.74, 6) is 0.858. The third-order valence-electron chi connectivity index (χ3n) is 4.94. The van der Waals surface area contributed by atoms with E-state index in [0.29, 0.717) is 10.0 Å². The van der Waals surface area contributed by atoms with Gasteiger partial charge in [-0.2, -0.15) is 5.10 Å². The van der Waals surface area contributed by atoms with Gasteiger partial charge in [-0.15, -0.1) is 11.3 Å². The van der Waals surface area contributed by atoms with E-state index in [1.807, 2.05) is 54.6 Å². The van der Waals surface area contributed by atoms with Gasteiger partial charge in [0.1, 0.15) is 0 Å². The smallest absolute Gasteiger partial charge is 0.164 e. The van der Waals surface area contributed by atoms with Crippen molar-refractivity contribution in [1.82, 2.24) is 0 Å². The zero-order valence-electron chi connectivity index (χ0n) is 15.8. The Balaban J connectivity index is 1.72. The molecule has 1 aliphatic rings. The average molecular weight is 450 g/mol. The van der Waals surface area contributed by atoms with E-state index in [1.54, 1.807) is 11.3 Å². The molecule has 0 unspecified atom stereocenters. The van der Waals surface area contributed by atoms with E-state index in [0.717, 1.165) is 22.8 Å². The number of halogens is 2. The van der Waals surface area contributed by atoms with Crippen molar-refractivity contribution in [3.8, 4) is 0 Å². The Morgan fingerprint density at radius 1 is 0.733 bits per heavy atom. The van der Waals surface area contributed by atoms with Gasteiger partial charge in [-0.05, 0) is 41.8 Å². The lowest BCUT2D eigenvalue weighted by Gasteiger charge is -2.31. The van der Waals surface area contributed by atoms with E-state index in [-0.39, 0.29) is 6.17 Å². The SMILES string of the molecule is Clc1ccc(N2C(c3ccccc3)=NN(c3ccccc3)[C@H]2c2cccs2)cc1Cl. The zero-order chi connectivity index (χ0) is 20.5. The third-order valence-corrected chi connectivity index (χ3v) is 6.59. The van der Waals surface area contributed by atoms with Gasteiger partial charge >= 0.3 is 0 Å². The van der Waals surface area contributed by atoms with Crippen LogP contribution in [0.3, 0.4) is 0 Å². The first-order valence-electron chi connectivity index (χ1n) is 9.48. The molecule has 0 bridgehead atoms. The molecule has 0 fully saturated rings. The Bertz CT molecular complexity index is 1180. The summed E-state index contributed by atoms with van der Waals surface area (Å²) < 4.78 is 0. The second kappa shape index (κ2) is 8.15. The first-order valence-corrected chi connectivity index (χ1v) is 11.1. The molecule has 0 saturated heterocycles. The summed E-state index contributed by atoms with van der Waals surface area (Å²) in [6.45, 7) is 0. The van der Waals surface area contributed by atoms with E-state index >= 15 is 0 Å². The maximum atomic E-state index is 6.40. The van der Waals surface area contributed by atoms with E-state index in [1.165, 1.54) is 4.88 Å². The van der Waals surface area contributed by atoms with Crippen LogP contribution in [-0.2, 0) is 0 Å². The van der Waals surface area contributed by atoms with E-state index in [4.69, 9.17) is 28.3 Å². The highest BCUT2D eigenvalue weighted by atomic mass is 35.5. The summed E-state index contributed by atoms with van der Waals surface area (Å²) in [4.78, 5) is 3.40. The van der Waals surface area contributed by atoms with Gasteiger partial charge < -0.3 is 0 Å². The minimum Gasteiger partial charge on any atom is -0.297 e. The highest BCUT2D eigenvalue weighted by Crippen LogP contribution is 2.42. The van der Waals surface area contributed by atoms with E-state index in [9.17, 15) is 0 Å². The van der Waals surface area contributed by atoms with Crippen molar-refractivity contribution < 1.29 is 0 Å². The summed E-state index contributed by atoms with van der Waals surface area (Å²) >= 11 is 14.3. The molecule has 0 amide bonds. The molecular formula is C24H17Cl2N3S. The molecule has 0 radical (unpaired) electrons. The summed E-state index contributed by atoms with van der Waals surface area (Å²) in [5.41, 5.74) is 2.99. The van der Waals surface area contributed by atoms with E-state index in [2.05, 4.69) is 51.7 Å². The number of para-hydroxylation sites is 1. The van der Waals surface area contributed by atoms with Gasteiger partial charge in [0.15, 0.2) is 12.0 Å². The average Bonchev–Trinajstić information content (AvgIpc) is 3.45. The van der Waals surface area contributed by atoms with Gasteiger partial charge in [0.05, 0.1) is 15.7 Å². The second-order valence-corrected chi connectivity index (χ2v) is 8.62. The number of anilines is 2. The normalized spacial score (nSPS) is 16.1. The lowest BCUT2D eigenvalue weighted by Crippen LogP contribution is -2.35. The van der Waals surface area contributed by atoms with Gasteiger partial charge in [-0.3, -0.25) is 4.90 Å². The van der Waals surface area contributed by atoms with Gasteiger partial charge in [0.25, 0.3) is 0 Å². The van der Waals surface area contributed by atoms with Gasteiger partial charge in [-0.25, -0.2) is 5.01 Å². The van der Waals surface area contributed by atoms with Crippen molar-refractivity contribution in [3.63, 3.8) is 0 Å². The van der Waals surface area contributed by atoms with Crippen LogP contribution in [0.4, 0.5) is 11.4 Å². The molecule has 1 atom stereocenters. The molecule has 3 nitrogen and oxygen atoms in total. The molecule has 3 aromatic carbocycles. The molecule has 0 aliphatic carbocycles. The van der Waals surface area contributed by atoms with Gasteiger partial charge in [0, 0.05) is 16.1 Å². The molecule has 6 heteroatoms. The lowest BCUT2D eigenvalue weighted by molar-refractivity contribution is 0.716. The highest BCUT2D eigenvalue weighted by molar-refractivity contribution is 7.10. The van der Waals surface area contributed by atoms with Crippen LogP contribution < -0.4 is 9.91 Å². The molecular weight excluding hydrogens is 433 g/mol. The summed E-state index contributed by atoms with van der Waals surface area (Å²) in [6, 6.07) is 30.3. The topological polar surface area (TPSA) is 18.8 Å². The summed E-state index contributed by atoms with van der Waals surface area (Å²) in [7, 11) is 0. The number of thiophene rings is 1. The van der Waals surface area contributed by atoms with E-state index < -0.39 is 0 Å². The van der Waals surface area contributed by atoms with Crippen molar-refractivity contribution >= 4 is 51.7 Å². The molecule has 0 saturated carbocycles. The molecule has 5 rings (SSSR count). The number of hydrazone groups is 1. The van der Waals surface area contributed by atoms with Crippen LogP contribution >= 0.6 is 34.5 Å². The van der Waals surface area contributed by atoms with Crippen molar-refractivity contribution in [2.45, 2.75) is 6.17 Å². The van der Waals surface area contributed by atoms with Gasteiger partial charge in [0.2, 0.25) is 0 Å². The van der Waals surface area contributed by atoms with Crippen molar-refractivity contribution in [1.29, 1.82) is 0 Å². The highest BCUT2D eigenvalue weighted by Gasteiger charge is 2.38. The van der Waals surface area contributed by atoms with Crippen molar-refractivity contribution in [2.75, 3.05) is 9.91 Å². The predicted molar refractivity (Wildman–Crippen MR) is 128 cm³/mol. The molecule has 148 valence electrons. The number of rotatable bonds is 4. The Morgan fingerprint density at radius 2 is 1.47 bits per heavy atom. The first-order chi connectivity index (χ1) is 14.7. The summed E-state index contributed by atoms with van der Waals surface area (Å²) in [5, 5.41) is 10.3. The molecule has 4 aromatic rings. The number of benzene rings is 3. The van der Waals surface area contributed by atoms with Crippen molar-refractivity contribution in [2.24, 2.45) is 5.10 Å². The van der Waals surface area contributed by atoms with Gasteiger partial charge in [-0.1, -0.05) is 77.8 Å². The molecule has 0 N–H and O–H groups in total. The number of hydrogen-bond acceptors (Lipinski definition) is 4. The standard InChI is InChI=1S/C24H17Cl2N3S/c25-20-14-13-19(16-21(20)26)28-23(17-8-3-1-4-9-17)27-29(18-10-5-2-6-11-18)24(28)22-12-7-15-30-22/h1-16,24H/t24-/m0/s1. The quantitative estimate of drug-likeness (QED) is 0.322. The lowest BCUT2D eigenvalue weighted by atomic mass is 10.1. The second-order valence-electron chi connectivity index (χ2n) is 6.83. The fraction of sp³-hybridized carbons (Fsp3) is 0.0417. The fourth-order valence-corrected chi connectivity index (χ4v) is 4.67. The maximum Gasteiger partial charge on any atom is 0.164 e. The molecule has 0 spiro atoms. The summed E-state index contributed by atoms with van der Waals surface area (Å²) in [6.07, 6.45) is -0.139. The minimum atomic E-state index is -0.139. The Kier molecular flexibility index (Phi) is 5.21. The predicted octanol–water partition coefficient (Wildman–Crippen LogP) is 7.44. The Morgan fingerprint density at radius 3 is 2.13 bits per heavy atom. The van der Waals surface area contributed by atoms with Crippen molar-refractivity contribution in [3.05, 3.63) is 117 Å². The molecule has 1 aromatic heterocycles. The van der Waals surface area contributed by atoms with Crippen LogP contribution in [0.2, 0.25) is 10.0 Å². The molecule has 30 heavy (non-hydrogen) atoms. The third kappa shape index (κ3) is 3.47. The van der Waals surface area contributed by atoms with Crippen LogP contribution in [0.25, 0.3) is 0 Å². The fourth-order valence-electron chi connectivity index (χ4n) is 3.58.